The van der Waals surface area contributed by atoms with Crippen molar-refractivity contribution in [3.63, 3.8) is 0 Å². The first kappa shape index (κ1) is 18.5. The van der Waals surface area contributed by atoms with Gasteiger partial charge in [-0.25, -0.2) is 9.78 Å². The van der Waals surface area contributed by atoms with Crippen molar-refractivity contribution in [3.05, 3.63) is 28.7 Å². The zero-order valence-electron chi connectivity index (χ0n) is 13.3. The second-order valence-corrected chi connectivity index (χ2v) is 6.86. The molecule has 3 N–H and O–H groups in total. The Hall–Kier alpha value is -1.87. The molecule has 3 amide bonds. The minimum Gasteiger partial charge on any atom is -0.335 e. The summed E-state index contributed by atoms with van der Waals surface area (Å²) in [6, 6.07) is 7.16. The molecule has 1 atom stereocenters. The van der Waals surface area contributed by atoms with Gasteiger partial charge in [0.1, 0.15) is 0 Å². The van der Waals surface area contributed by atoms with Crippen LogP contribution in [0.3, 0.4) is 0 Å². The van der Waals surface area contributed by atoms with Crippen molar-refractivity contribution < 1.29 is 9.59 Å². The third kappa shape index (κ3) is 5.34. The smallest absolute Gasteiger partial charge is 0.321 e. The fourth-order valence-corrected chi connectivity index (χ4v) is 2.81. The van der Waals surface area contributed by atoms with E-state index in [9.17, 15) is 9.59 Å². The molecule has 24 heavy (non-hydrogen) atoms. The Morgan fingerprint density at radius 3 is 2.83 bits per heavy atom. The summed E-state index contributed by atoms with van der Waals surface area (Å²) >= 11 is 4.61. The molecule has 0 fully saturated rings. The molecule has 0 aliphatic rings. The number of urea groups is 1. The van der Waals surface area contributed by atoms with Crippen LogP contribution in [0.25, 0.3) is 11.4 Å². The summed E-state index contributed by atoms with van der Waals surface area (Å²) in [6.45, 7) is 3.82. The van der Waals surface area contributed by atoms with Crippen molar-refractivity contribution in [1.29, 1.82) is 0 Å². The van der Waals surface area contributed by atoms with Gasteiger partial charge in [-0.1, -0.05) is 52.8 Å². The Kier molecular flexibility index (Phi) is 6.80. The number of carbonyl (C=O) groups excluding carboxylic acids is 2. The third-order valence-corrected chi connectivity index (χ3v) is 4.71. The molecule has 0 bridgehead atoms. The zero-order valence-corrected chi connectivity index (χ0v) is 15.7. The molecular formula is C15H18BrN5O2S. The second kappa shape index (κ2) is 8.84. The van der Waals surface area contributed by atoms with E-state index in [0.29, 0.717) is 11.0 Å². The maximum absolute atomic E-state index is 11.8. The number of nitrogens with one attached hydrogen (secondary N) is 3. The van der Waals surface area contributed by atoms with Gasteiger partial charge in [-0.15, -0.1) is 5.10 Å². The highest BCUT2D eigenvalue weighted by Crippen LogP contribution is 2.26. The molecular weight excluding hydrogens is 394 g/mol. The van der Waals surface area contributed by atoms with Crippen molar-refractivity contribution in [1.82, 2.24) is 25.8 Å². The number of H-pyrrole nitrogens is 1. The minimum absolute atomic E-state index is 0.0188. The van der Waals surface area contributed by atoms with Crippen molar-refractivity contribution in [2.45, 2.75) is 31.5 Å². The largest absolute Gasteiger partial charge is 0.335 e. The first-order chi connectivity index (χ1) is 11.5. The van der Waals surface area contributed by atoms with E-state index in [1.165, 1.54) is 0 Å². The number of rotatable bonds is 6. The lowest BCUT2D eigenvalue weighted by Gasteiger charge is -2.11. The fraction of sp³-hybridized carbons (Fsp3) is 0.333. The van der Waals surface area contributed by atoms with Crippen molar-refractivity contribution in [2.24, 2.45) is 0 Å². The predicted octanol–water partition coefficient (Wildman–Crippen LogP) is 2.95. The van der Waals surface area contributed by atoms with E-state index in [4.69, 9.17) is 0 Å². The molecule has 0 aliphatic carbocycles. The van der Waals surface area contributed by atoms with Crippen molar-refractivity contribution in [3.8, 4) is 11.4 Å². The number of aromatic amines is 1. The highest BCUT2D eigenvalue weighted by molar-refractivity contribution is 9.10. The Balaban J connectivity index is 1.86. The summed E-state index contributed by atoms with van der Waals surface area (Å²) < 4.78 is 0.900. The van der Waals surface area contributed by atoms with Gasteiger partial charge in [-0.2, -0.15) is 0 Å². The molecule has 2 rings (SSSR count). The second-order valence-electron chi connectivity index (χ2n) is 5.07. The highest BCUT2D eigenvalue weighted by atomic mass is 79.9. The molecule has 9 heteroatoms. The summed E-state index contributed by atoms with van der Waals surface area (Å²) in [6.07, 6.45) is 0.797. The van der Waals surface area contributed by atoms with Gasteiger partial charge >= 0.3 is 6.03 Å². The minimum atomic E-state index is -0.487. The number of imide groups is 1. The lowest BCUT2D eigenvalue weighted by Crippen LogP contribution is -2.43. The molecule has 1 aromatic heterocycles. The molecule has 0 radical (unpaired) electrons. The van der Waals surface area contributed by atoms with Crippen LogP contribution in [0.5, 0.6) is 0 Å². The first-order valence-electron chi connectivity index (χ1n) is 7.40. The predicted molar refractivity (Wildman–Crippen MR) is 96.7 cm³/mol. The number of thioether (sulfide) groups is 1. The molecule has 0 unspecified atom stereocenters. The molecule has 7 nitrogen and oxygen atoms in total. The maximum atomic E-state index is 11.8. The standard InChI is InChI=1S/C15H18BrN5O2S/c1-3-9(2)17-14(23)18-12(22)8-24-15-19-13(20-21-15)10-6-4-5-7-11(10)16/h4-7,9H,3,8H2,1-2H3,(H,19,20,21)(H2,17,18,22,23)/t9-/m1/s1. The van der Waals surface area contributed by atoms with Gasteiger partial charge in [-0.05, 0) is 19.4 Å². The Labute approximate surface area is 152 Å². The topological polar surface area (TPSA) is 99.8 Å². The third-order valence-electron chi connectivity index (χ3n) is 3.17. The number of halogens is 1. The van der Waals surface area contributed by atoms with Gasteiger partial charge in [0.05, 0.1) is 5.75 Å². The average Bonchev–Trinajstić information content (AvgIpc) is 3.01. The van der Waals surface area contributed by atoms with Gasteiger partial charge in [0, 0.05) is 16.1 Å². The van der Waals surface area contributed by atoms with Gasteiger partial charge in [-0.3, -0.25) is 15.2 Å². The number of hydrogen-bond donors (Lipinski definition) is 3. The lowest BCUT2D eigenvalue weighted by atomic mass is 10.2. The number of hydrogen-bond acceptors (Lipinski definition) is 5. The molecule has 1 heterocycles. The Morgan fingerprint density at radius 2 is 2.12 bits per heavy atom. The van der Waals surface area contributed by atoms with Gasteiger partial charge in [0.25, 0.3) is 0 Å². The molecule has 0 aliphatic heterocycles. The Bertz CT molecular complexity index is 721. The van der Waals surface area contributed by atoms with E-state index in [1.807, 2.05) is 38.1 Å². The SMILES string of the molecule is CC[C@@H](C)NC(=O)NC(=O)CSc1n[nH]c(-c2ccccc2Br)n1. The molecule has 1 aromatic carbocycles. The number of nitrogens with zero attached hydrogens (tertiary/aromatic N) is 2. The van der Waals surface area contributed by atoms with Crippen LogP contribution >= 0.6 is 27.7 Å². The Morgan fingerprint density at radius 1 is 1.38 bits per heavy atom. The lowest BCUT2D eigenvalue weighted by molar-refractivity contribution is -0.117. The monoisotopic (exact) mass is 411 g/mol. The highest BCUT2D eigenvalue weighted by Gasteiger charge is 2.13. The van der Waals surface area contributed by atoms with E-state index in [-0.39, 0.29) is 11.8 Å². The van der Waals surface area contributed by atoms with Crippen LogP contribution in [0.1, 0.15) is 20.3 Å². The van der Waals surface area contributed by atoms with Crippen LogP contribution in [0.4, 0.5) is 4.79 Å². The van der Waals surface area contributed by atoms with E-state index < -0.39 is 11.9 Å². The van der Waals surface area contributed by atoms with E-state index >= 15 is 0 Å². The van der Waals surface area contributed by atoms with Gasteiger partial charge in [0.2, 0.25) is 11.1 Å². The summed E-state index contributed by atoms with van der Waals surface area (Å²) in [5, 5.41) is 12.3. The summed E-state index contributed by atoms with van der Waals surface area (Å²) in [4.78, 5) is 27.7. The van der Waals surface area contributed by atoms with Gasteiger partial charge < -0.3 is 5.32 Å². The molecule has 0 saturated carbocycles. The van der Waals surface area contributed by atoms with Crippen molar-refractivity contribution in [2.75, 3.05) is 5.75 Å². The fourth-order valence-electron chi connectivity index (χ4n) is 1.74. The van der Waals surface area contributed by atoms with Crippen LogP contribution in [-0.4, -0.2) is 38.9 Å². The molecule has 0 spiro atoms. The summed E-state index contributed by atoms with van der Waals surface area (Å²) in [7, 11) is 0. The number of carbonyl (C=O) groups is 2. The van der Waals surface area contributed by atoms with Crippen LogP contribution in [0.15, 0.2) is 33.9 Å². The van der Waals surface area contributed by atoms with Crippen LogP contribution in [0, 0.1) is 0 Å². The first-order valence-corrected chi connectivity index (χ1v) is 9.18. The van der Waals surface area contributed by atoms with Crippen LogP contribution in [-0.2, 0) is 4.79 Å². The van der Waals surface area contributed by atoms with E-state index in [2.05, 4.69) is 41.7 Å². The number of amides is 3. The molecule has 0 saturated heterocycles. The van der Waals surface area contributed by atoms with E-state index in [0.717, 1.165) is 28.2 Å². The van der Waals surface area contributed by atoms with Crippen LogP contribution in [0.2, 0.25) is 0 Å². The molecule has 2 aromatic rings. The van der Waals surface area contributed by atoms with Crippen LogP contribution < -0.4 is 10.6 Å². The van der Waals surface area contributed by atoms with Gasteiger partial charge in [0.15, 0.2) is 5.82 Å². The average molecular weight is 412 g/mol. The maximum Gasteiger partial charge on any atom is 0.321 e. The normalized spacial score (nSPS) is 11.8. The summed E-state index contributed by atoms with van der Waals surface area (Å²) in [5.41, 5.74) is 0.884. The quantitative estimate of drug-likeness (QED) is 0.634. The molecule has 128 valence electrons. The number of aromatic nitrogens is 3. The zero-order chi connectivity index (χ0) is 17.5. The van der Waals surface area contributed by atoms with Crippen molar-refractivity contribution >= 4 is 39.6 Å². The van der Waals surface area contributed by atoms with E-state index in [1.54, 1.807) is 0 Å². The number of benzene rings is 1. The summed E-state index contributed by atoms with van der Waals surface area (Å²) in [5.74, 6) is 0.272.